The highest BCUT2D eigenvalue weighted by Gasteiger charge is 2.41. The van der Waals surface area contributed by atoms with E-state index in [-0.39, 0.29) is 12.0 Å². The fraction of sp³-hybridized carbons (Fsp3) is 0.457. The van der Waals surface area contributed by atoms with E-state index in [4.69, 9.17) is 14.2 Å². The summed E-state index contributed by atoms with van der Waals surface area (Å²) in [6, 6.07) is 28.3. The summed E-state index contributed by atoms with van der Waals surface area (Å²) in [4.78, 5) is 13.1. The number of unbranched alkanes of at least 4 members (excludes halogenated alkanes) is 5. The number of nitrogens with zero attached hydrogens (tertiary/aromatic N) is 1. The minimum absolute atomic E-state index is 0.0267. The second-order valence-electron chi connectivity index (χ2n) is 11.2. The van der Waals surface area contributed by atoms with Gasteiger partial charge in [0.2, 0.25) is 0 Å². The number of ether oxygens (including phenoxy) is 3. The number of likely N-dealkylation sites (N-methyl/N-ethyl adjacent to an activating group) is 1. The molecule has 1 aliphatic heterocycles. The Kier molecular flexibility index (Phi) is 11.9. The van der Waals surface area contributed by atoms with Crippen molar-refractivity contribution < 1.29 is 23.5 Å². The first-order chi connectivity index (χ1) is 19.6. The van der Waals surface area contributed by atoms with Gasteiger partial charge in [0.1, 0.15) is 18.1 Å². The number of hydrogen-bond donors (Lipinski definition) is 0. The van der Waals surface area contributed by atoms with Crippen LogP contribution >= 0.6 is 0 Å². The molecule has 0 amide bonds. The Labute approximate surface area is 240 Å². The summed E-state index contributed by atoms with van der Waals surface area (Å²) >= 11 is 0. The fourth-order valence-electron chi connectivity index (χ4n) is 5.51. The van der Waals surface area contributed by atoms with Crippen molar-refractivity contribution >= 4 is 5.97 Å². The maximum atomic E-state index is 13.1. The summed E-state index contributed by atoms with van der Waals surface area (Å²) in [7, 11) is 2.22. The zero-order chi connectivity index (χ0) is 27.9. The van der Waals surface area contributed by atoms with Gasteiger partial charge in [-0.05, 0) is 48.2 Å². The van der Waals surface area contributed by atoms with E-state index in [0.717, 1.165) is 79.8 Å². The Morgan fingerprint density at radius 2 is 1.20 bits per heavy atom. The number of rotatable bonds is 17. The lowest BCUT2D eigenvalue weighted by Crippen LogP contribution is -2.55. The molecule has 3 aromatic rings. The lowest BCUT2D eigenvalue weighted by molar-refractivity contribution is -0.913. The molecular formula is C35H46NO4+. The monoisotopic (exact) mass is 544 g/mol. The van der Waals surface area contributed by atoms with Crippen LogP contribution < -0.4 is 9.47 Å². The summed E-state index contributed by atoms with van der Waals surface area (Å²) in [5.74, 6) is 1.70. The van der Waals surface area contributed by atoms with Gasteiger partial charge in [0, 0.05) is 19.3 Å². The SMILES string of the molecule is C[N+]1(C(Cc2ccccc2)C(=O)OCCCCCCCCOc2ccc(OCc3ccccc3)cc2)CCCC1. The van der Waals surface area contributed by atoms with Crippen molar-refractivity contribution in [2.24, 2.45) is 0 Å². The van der Waals surface area contributed by atoms with E-state index in [0.29, 0.717) is 13.2 Å². The van der Waals surface area contributed by atoms with Gasteiger partial charge in [0.15, 0.2) is 6.04 Å². The van der Waals surface area contributed by atoms with Crippen molar-refractivity contribution in [3.63, 3.8) is 0 Å². The number of esters is 1. The van der Waals surface area contributed by atoms with Gasteiger partial charge in [-0.2, -0.15) is 0 Å². The molecule has 0 N–H and O–H groups in total. The van der Waals surface area contributed by atoms with Crippen LogP contribution in [0.2, 0.25) is 0 Å². The predicted octanol–water partition coefficient (Wildman–Crippen LogP) is 7.38. The van der Waals surface area contributed by atoms with E-state index in [1.54, 1.807) is 0 Å². The molecule has 214 valence electrons. The van der Waals surface area contributed by atoms with Crippen molar-refractivity contribution in [3.05, 3.63) is 96.1 Å². The van der Waals surface area contributed by atoms with Crippen LogP contribution in [-0.4, -0.2) is 49.8 Å². The third-order valence-corrected chi connectivity index (χ3v) is 8.01. The van der Waals surface area contributed by atoms with Crippen molar-refractivity contribution in [2.45, 2.75) is 70.4 Å². The van der Waals surface area contributed by atoms with Crippen LogP contribution in [0, 0.1) is 0 Å². The Hall–Kier alpha value is -3.31. The molecule has 5 heteroatoms. The van der Waals surface area contributed by atoms with Gasteiger partial charge in [0.05, 0.1) is 33.4 Å². The predicted molar refractivity (Wildman–Crippen MR) is 160 cm³/mol. The second kappa shape index (κ2) is 16.1. The minimum atomic E-state index is -0.108. The maximum absolute atomic E-state index is 13.1. The van der Waals surface area contributed by atoms with Crippen LogP contribution in [0.25, 0.3) is 0 Å². The summed E-state index contributed by atoms with van der Waals surface area (Å²) in [6.07, 6.45) is 9.68. The van der Waals surface area contributed by atoms with Gasteiger partial charge in [-0.15, -0.1) is 0 Å². The average molecular weight is 545 g/mol. The lowest BCUT2D eigenvalue weighted by Gasteiger charge is -2.36. The summed E-state index contributed by atoms with van der Waals surface area (Å²) in [5, 5.41) is 0. The van der Waals surface area contributed by atoms with Crippen LogP contribution in [0.15, 0.2) is 84.9 Å². The zero-order valence-corrected chi connectivity index (χ0v) is 24.1. The Bertz CT molecular complexity index is 1110. The first-order valence-electron chi connectivity index (χ1n) is 15.1. The van der Waals surface area contributed by atoms with Crippen LogP contribution in [-0.2, 0) is 22.6 Å². The van der Waals surface area contributed by atoms with E-state index in [1.165, 1.54) is 24.8 Å². The van der Waals surface area contributed by atoms with Gasteiger partial charge >= 0.3 is 5.97 Å². The van der Waals surface area contributed by atoms with Crippen LogP contribution in [0.5, 0.6) is 11.5 Å². The van der Waals surface area contributed by atoms with Gasteiger partial charge in [-0.1, -0.05) is 86.3 Å². The molecule has 5 nitrogen and oxygen atoms in total. The van der Waals surface area contributed by atoms with E-state index < -0.39 is 0 Å². The standard InChI is InChI=1S/C35H46NO4/c1-36(24-12-13-25-36)34(28-30-16-8-6-9-17-30)35(37)39-27-15-5-3-2-4-14-26-38-32-20-22-33(23-21-32)40-29-31-18-10-7-11-19-31/h6-11,16-23,34H,2-5,12-15,24-29H2,1H3/q+1. The Morgan fingerprint density at radius 3 is 1.82 bits per heavy atom. The normalized spacial score (nSPS) is 14.9. The maximum Gasteiger partial charge on any atom is 0.365 e. The van der Waals surface area contributed by atoms with E-state index >= 15 is 0 Å². The molecule has 1 aliphatic rings. The molecule has 0 aliphatic carbocycles. The van der Waals surface area contributed by atoms with Gasteiger partial charge in [-0.25, -0.2) is 4.79 Å². The number of hydrogen-bond acceptors (Lipinski definition) is 4. The molecular weight excluding hydrogens is 498 g/mol. The molecule has 0 spiro atoms. The number of benzene rings is 3. The third kappa shape index (κ3) is 9.71. The third-order valence-electron chi connectivity index (χ3n) is 8.01. The van der Waals surface area contributed by atoms with Crippen LogP contribution in [0.3, 0.4) is 0 Å². The molecule has 1 atom stereocenters. The summed E-state index contributed by atoms with van der Waals surface area (Å²) in [6.45, 7) is 3.94. The molecule has 1 saturated heterocycles. The minimum Gasteiger partial charge on any atom is -0.494 e. The molecule has 3 aromatic carbocycles. The molecule has 0 aromatic heterocycles. The van der Waals surface area contributed by atoms with E-state index in [1.807, 2.05) is 48.5 Å². The Balaban J connectivity index is 1.04. The first-order valence-corrected chi connectivity index (χ1v) is 15.1. The second-order valence-corrected chi connectivity index (χ2v) is 11.2. The smallest absolute Gasteiger partial charge is 0.365 e. The molecule has 40 heavy (non-hydrogen) atoms. The fourth-order valence-corrected chi connectivity index (χ4v) is 5.51. The molecule has 1 heterocycles. The highest BCUT2D eigenvalue weighted by atomic mass is 16.5. The van der Waals surface area contributed by atoms with Crippen molar-refractivity contribution in [1.29, 1.82) is 0 Å². The molecule has 0 radical (unpaired) electrons. The molecule has 0 bridgehead atoms. The van der Waals surface area contributed by atoms with Crippen LogP contribution in [0.1, 0.15) is 62.5 Å². The number of carbonyl (C=O) groups is 1. The first kappa shape index (κ1) is 29.7. The van der Waals surface area contributed by atoms with E-state index in [2.05, 4.69) is 43.4 Å². The van der Waals surface area contributed by atoms with E-state index in [9.17, 15) is 4.79 Å². The molecule has 0 saturated carbocycles. The topological polar surface area (TPSA) is 44.8 Å². The average Bonchev–Trinajstić information content (AvgIpc) is 3.44. The largest absolute Gasteiger partial charge is 0.494 e. The quantitative estimate of drug-likeness (QED) is 0.101. The molecule has 1 unspecified atom stereocenters. The molecule has 1 fully saturated rings. The highest BCUT2D eigenvalue weighted by molar-refractivity contribution is 5.75. The number of likely N-dealkylation sites (tertiary alicyclic amines) is 1. The van der Waals surface area contributed by atoms with Gasteiger partial charge in [0.25, 0.3) is 0 Å². The van der Waals surface area contributed by atoms with Crippen molar-refractivity contribution in [2.75, 3.05) is 33.4 Å². The van der Waals surface area contributed by atoms with Crippen molar-refractivity contribution in [3.8, 4) is 11.5 Å². The van der Waals surface area contributed by atoms with Crippen LogP contribution in [0.4, 0.5) is 0 Å². The van der Waals surface area contributed by atoms with Gasteiger partial charge in [-0.3, -0.25) is 0 Å². The number of quaternary nitrogens is 1. The Morgan fingerprint density at radius 1 is 0.675 bits per heavy atom. The highest BCUT2D eigenvalue weighted by Crippen LogP contribution is 2.25. The summed E-state index contributed by atoms with van der Waals surface area (Å²) < 4.78 is 18.4. The van der Waals surface area contributed by atoms with Gasteiger partial charge < -0.3 is 18.7 Å². The molecule has 4 rings (SSSR count). The number of carbonyl (C=O) groups excluding carboxylic acids is 1. The lowest BCUT2D eigenvalue weighted by atomic mass is 10.0. The zero-order valence-electron chi connectivity index (χ0n) is 24.1. The summed E-state index contributed by atoms with van der Waals surface area (Å²) in [5.41, 5.74) is 2.37. The van der Waals surface area contributed by atoms with Crippen molar-refractivity contribution in [1.82, 2.24) is 0 Å².